The van der Waals surface area contributed by atoms with Gasteiger partial charge in [-0.25, -0.2) is 0 Å². The molecule has 11 rings (SSSR count). The highest BCUT2D eigenvalue weighted by Gasteiger charge is 2.18. The van der Waals surface area contributed by atoms with Crippen molar-refractivity contribution >= 4 is 53.9 Å². The second kappa shape index (κ2) is 13.2. The molecule has 0 aliphatic carbocycles. The lowest BCUT2D eigenvalue weighted by atomic mass is 9.85. The minimum absolute atomic E-state index is 1.20. The highest BCUT2D eigenvalue weighted by Crippen LogP contribution is 2.45. The number of hydrogen-bond acceptors (Lipinski definition) is 0. The molecule has 0 heterocycles. The molecule has 0 heteroatoms. The van der Waals surface area contributed by atoms with E-state index in [1.807, 2.05) is 0 Å². The van der Waals surface area contributed by atoms with Crippen LogP contribution in [0.2, 0.25) is 0 Å². The Morgan fingerprint density at radius 1 is 0.161 bits per heavy atom. The first kappa shape index (κ1) is 32.2. The van der Waals surface area contributed by atoms with E-state index < -0.39 is 0 Å². The van der Waals surface area contributed by atoms with Gasteiger partial charge in [0.15, 0.2) is 0 Å². The first-order valence-electron chi connectivity index (χ1n) is 19.4. The topological polar surface area (TPSA) is 0 Å². The van der Waals surface area contributed by atoms with Crippen molar-refractivity contribution < 1.29 is 0 Å². The molecular weight excluding hydrogens is 673 g/mol. The molecule has 56 heavy (non-hydrogen) atoms. The highest BCUT2D eigenvalue weighted by atomic mass is 14.2. The van der Waals surface area contributed by atoms with Crippen molar-refractivity contribution in [2.75, 3.05) is 0 Å². The molecule has 0 aromatic heterocycles. The summed E-state index contributed by atoms with van der Waals surface area (Å²) in [6, 6.07) is 80.6. The first-order valence-corrected chi connectivity index (χ1v) is 19.4. The number of hydrogen-bond donors (Lipinski definition) is 0. The van der Waals surface area contributed by atoms with E-state index >= 15 is 0 Å². The summed E-state index contributed by atoms with van der Waals surface area (Å²) in [7, 11) is 0. The number of fused-ring (bicyclic) bond motifs is 7. The third kappa shape index (κ3) is 5.46. The zero-order valence-electron chi connectivity index (χ0n) is 30.8. The predicted octanol–water partition coefficient (Wildman–Crippen LogP) is 15.8. The summed E-state index contributed by atoms with van der Waals surface area (Å²) in [6.45, 7) is 0. The van der Waals surface area contributed by atoms with E-state index in [1.54, 1.807) is 0 Å². The molecule has 0 saturated heterocycles. The molecule has 11 aromatic rings. The van der Waals surface area contributed by atoms with Gasteiger partial charge >= 0.3 is 0 Å². The predicted molar refractivity (Wildman–Crippen MR) is 241 cm³/mol. The minimum atomic E-state index is 1.20. The third-order valence-corrected chi connectivity index (χ3v) is 11.6. The maximum absolute atomic E-state index is 2.44. The van der Waals surface area contributed by atoms with Crippen LogP contribution in [0.4, 0.5) is 0 Å². The number of benzene rings is 11. The average Bonchev–Trinajstić information content (AvgIpc) is 3.28. The van der Waals surface area contributed by atoms with Gasteiger partial charge < -0.3 is 0 Å². The fraction of sp³-hybridized carbons (Fsp3) is 0. The van der Waals surface area contributed by atoms with Crippen LogP contribution in [0.5, 0.6) is 0 Å². The van der Waals surface area contributed by atoms with Crippen LogP contribution in [0, 0.1) is 0 Å². The van der Waals surface area contributed by atoms with Gasteiger partial charge in [0.25, 0.3) is 0 Å². The van der Waals surface area contributed by atoms with Gasteiger partial charge in [0.05, 0.1) is 0 Å². The molecule has 0 aliphatic heterocycles. The zero-order valence-corrected chi connectivity index (χ0v) is 30.8. The van der Waals surface area contributed by atoms with Crippen molar-refractivity contribution in [1.82, 2.24) is 0 Å². The summed E-state index contributed by atoms with van der Waals surface area (Å²) in [5.41, 5.74) is 12.2. The molecule has 0 spiro atoms. The van der Waals surface area contributed by atoms with Crippen LogP contribution in [0.15, 0.2) is 218 Å². The van der Waals surface area contributed by atoms with E-state index in [9.17, 15) is 0 Å². The lowest BCUT2D eigenvalue weighted by molar-refractivity contribution is 1.59. The summed E-state index contributed by atoms with van der Waals surface area (Å²) in [5, 5.41) is 12.6. The van der Waals surface area contributed by atoms with E-state index in [-0.39, 0.29) is 0 Å². The van der Waals surface area contributed by atoms with Gasteiger partial charge in [0, 0.05) is 0 Å². The van der Waals surface area contributed by atoms with Crippen molar-refractivity contribution in [3.63, 3.8) is 0 Å². The first-order chi connectivity index (χ1) is 27.7. The summed E-state index contributed by atoms with van der Waals surface area (Å²) in [6.07, 6.45) is 0. The van der Waals surface area contributed by atoms with Gasteiger partial charge in [-0.2, -0.15) is 0 Å². The molecule has 0 amide bonds. The summed E-state index contributed by atoms with van der Waals surface area (Å²) < 4.78 is 0. The molecular formula is C56H36. The molecule has 0 unspecified atom stereocenters. The maximum Gasteiger partial charge on any atom is -0.00926 e. The van der Waals surface area contributed by atoms with Crippen LogP contribution in [-0.4, -0.2) is 0 Å². The maximum atomic E-state index is 2.44. The highest BCUT2D eigenvalue weighted by molar-refractivity contribution is 6.21. The van der Waals surface area contributed by atoms with Crippen LogP contribution < -0.4 is 0 Å². The Bertz CT molecular complexity index is 3280. The largest absolute Gasteiger partial charge is 0.0622 e. The average molecular weight is 709 g/mol. The van der Waals surface area contributed by atoms with Crippen LogP contribution in [0.25, 0.3) is 109 Å². The van der Waals surface area contributed by atoms with E-state index in [4.69, 9.17) is 0 Å². The van der Waals surface area contributed by atoms with Crippen LogP contribution >= 0.6 is 0 Å². The smallest absolute Gasteiger partial charge is 0.00926 e. The van der Waals surface area contributed by atoms with Gasteiger partial charge in [-0.15, -0.1) is 0 Å². The fourth-order valence-electron chi connectivity index (χ4n) is 8.84. The van der Waals surface area contributed by atoms with E-state index in [2.05, 4.69) is 218 Å². The third-order valence-electron chi connectivity index (χ3n) is 11.6. The van der Waals surface area contributed by atoms with E-state index in [0.717, 1.165) is 0 Å². The van der Waals surface area contributed by atoms with Crippen LogP contribution in [0.1, 0.15) is 0 Å². The molecule has 0 bridgehead atoms. The molecule has 260 valence electrons. The van der Waals surface area contributed by atoms with Crippen molar-refractivity contribution in [3.8, 4) is 55.6 Å². The van der Waals surface area contributed by atoms with Gasteiger partial charge in [-0.3, -0.25) is 0 Å². The summed E-state index contributed by atoms with van der Waals surface area (Å²) >= 11 is 0. The molecule has 0 radical (unpaired) electrons. The Hall–Kier alpha value is -7.28. The second-order valence-corrected chi connectivity index (χ2v) is 14.9. The standard InChI is InChI=1S/C56H36/c1-3-15-38(16-4-1)51-32-45(43-22-13-21-42(31-43)44-27-26-37-14-7-8-20-41(37)30-44)33-54-52(39-17-5-2-6-18-39)34-46(35-55(51)54)53-36-56-47-23-10-9-19-40(47)28-29-50(56)48-24-11-12-25-49(48)53/h1-36H. The van der Waals surface area contributed by atoms with Crippen molar-refractivity contribution in [1.29, 1.82) is 0 Å². The SMILES string of the molecule is c1ccc(-c2cc(-c3cc4c5ccccc5ccc4c4ccccc34)cc3c(-c4ccccc4)cc(-c4cccc(-c5ccc6ccccc6c5)c4)cc23)cc1. The molecule has 0 fully saturated rings. The molecule has 0 aliphatic rings. The minimum Gasteiger partial charge on any atom is -0.0622 e. The van der Waals surface area contributed by atoms with Crippen LogP contribution in [-0.2, 0) is 0 Å². The lowest BCUT2D eigenvalue weighted by Gasteiger charge is -2.19. The second-order valence-electron chi connectivity index (χ2n) is 14.9. The molecule has 11 aromatic carbocycles. The fourth-order valence-corrected chi connectivity index (χ4v) is 8.84. The van der Waals surface area contributed by atoms with Crippen molar-refractivity contribution in [2.45, 2.75) is 0 Å². The van der Waals surface area contributed by atoms with Gasteiger partial charge in [0.2, 0.25) is 0 Å². The van der Waals surface area contributed by atoms with E-state index in [1.165, 1.54) is 109 Å². The Morgan fingerprint density at radius 3 is 1.38 bits per heavy atom. The van der Waals surface area contributed by atoms with Gasteiger partial charge in [-0.05, 0) is 152 Å². The van der Waals surface area contributed by atoms with E-state index in [0.29, 0.717) is 0 Å². The van der Waals surface area contributed by atoms with Crippen molar-refractivity contribution in [2.24, 2.45) is 0 Å². The molecule has 0 saturated carbocycles. The monoisotopic (exact) mass is 708 g/mol. The van der Waals surface area contributed by atoms with Gasteiger partial charge in [0.1, 0.15) is 0 Å². The van der Waals surface area contributed by atoms with Gasteiger partial charge in [-0.1, -0.05) is 176 Å². The quantitative estimate of drug-likeness (QED) is 0.156. The summed E-state index contributed by atoms with van der Waals surface area (Å²) in [5.74, 6) is 0. The Morgan fingerprint density at radius 2 is 0.643 bits per heavy atom. The molecule has 0 atom stereocenters. The number of rotatable bonds is 5. The lowest BCUT2D eigenvalue weighted by Crippen LogP contribution is -1.92. The Labute approximate surface area is 326 Å². The summed E-state index contributed by atoms with van der Waals surface area (Å²) in [4.78, 5) is 0. The normalized spacial score (nSPS) is 11.6. The molecule has 0 nitrogen and oxygen atoms in total. The molecule has 0 N–H and O–H groups in total. The van der Waals surface area contributed by atoms with Crippen molar-refractivity contribution in [3.05, 3.63) is 218 Å². The van der Waals surface area contributed by atoms with Crippen LogP contribution in [0.3, 0.4) is 0 Å². The zero-order chi connectivity index (χ0) is 37.0. The Kier molecular flexibility index (Phi) is 7.60. The Balaban J connectivity index is 1.19.